The number of alkyl halides is 3. The van der Waals surface area contributed by atoms with E-state index in [-0.39, 0.29) is 47.8 Å². The van der Waals surface area contributed by atoms with Crippen LogP contribution in [-0.2, 0) is 13.2 Å². The number of nitrogens with two attached hydrogens (primary N) is 1. The summed E-state index contributed by atoms with van der Waals surface area (Å²) in [7, 11) is 2.93. The average Bonchev–Trinajstić information content (AvgIpc) is 3.22. The van der Waals surface area contributed by atoms with Gasteiger partial charge in [0.15, 0.2) is 0 Å². The molecule has 0 radical (unpaired) electrons. The smallest absolute Gasteiger partial charge is 0.416 e. The summed E-state index contributed by atoms with van der Waals surface area (Å²) in [4.78, 5) is 21.3. The summed E-state index contributed by atoms with van der Waals surface area (Å²) >= 11 is 0. The number of nitrogens with one attached hydrogen (secondary N) is 2. The molecule has 1 aromatic carbocycles. The van der Waals surface area contributed by atoms with Crippen LogP contribution in [0.15, 0.2) is 36.5 Å². The first-order valence-corrected chi connectivity index (χ1v) is 11.1. The molecular weight excluding hydrogens is 499 g/mol. The van der Waals surface area contributed by atoms with Crippen molar-refractivity contribution in [1.29, 1.82) is 0 Å². The number of hydrogen-bond donors (Lipinski definition) is 3. The Labute approximate surface area is 212 Å². The van der Waals surface area contributed by atoms with Crippen LogP contribution in [0, 0.1) is 0 Å². The quantitative estimate of drug-likeness (QED) is 0.443. The van der Waals surface area contributed by atoms with Crippen molar-refractivity contribution in [3.05, 3.63) is 47.8 Å². The van der Waals surface area contributed by atoms with E-state index >= 15 is 0 Å². The highest BCUT2D eigenvalue weighted by molar-refractivity contribution is 5.93. The molecule has 1 fully saturated rings. The molecule has 3 aromatic rings. The third-order valence-electron chi connectivity index (χ3n) is 5.89. The summed E-state index contributed by atoms with van der Waals surface area (Å²) in [6.07, 6.45) is 0.685. The van der Waals surface area contributed by atoms with E-state index in [0.717, 1.165) is 37.8 Å². The molecule has 0 unspecified atom stereocenters. The van der Waals surface area contributed by atoms with Crippen LogP contribution in [0.25, 0.3) is 11.4 Å². The van der Waals surface area contributed by atoms with Crippen LogP contribution < -0.4 is 21.1 Å². The maximum Gasteiger partial charge on any atom is 0.416 e. The number of amides is 1. The zero-order chi connectivity index (χ0) is 25.2. The number of rotatable bonds is 6. The molecule has 0 aliphatic heterocycles. The van der Waals surface area contributed by atoms with E-state index in [2.05, 4.69) is 25.7 Å². The molecule has 9 nitrogen and oxygen atoms in total. The first-order valence-electron chi connectivity index (χ1n) is 11.1. The fraction of sp³-hybridized carbons (Fsp3) is 0.391. The number of anilines is 2. The standard InChI is InChI=1S/C23H26F3N7O2.ClH/c1-33-20(21(34)30-17-6-4-3-5-16(17)27)12-19(32-33)18-7-8-28-22(31-18)29-14-9-13(23(24,25)26)10-15(11-14)35-2;/h7-12,16-17H,3-6,27H2,1-2H3,(H,30,34)(H,28,29,31);1H/t16-,17+;/m1./s1. The van der Waals surface area contributed by atoms with Crippen molar-refractivity contribution in [2.45, 2.75) is 43.9 Å². The summed E-state index contributed by atoms with van der Waals surface area (Å²) in [5.74, 6) is -0.178. The molecule has 0 spiro atoms. The van der Waals surface area contributed by atoms with E-state index in [9.17, 15) is 18.0 Å². The van der Waals surface area contributed by atoms with Crippen LogP contribution in [0.1, 0.15) is 41.7 Å². The van der Waals surface area contributed by atoms with Crippen molar-refractivity contribution in [3.63, 3.8) is 0 Å². The Morgan fingerprint density at radius 3 is 2.61 bits per heavy atom. The molecule has 194 valence electrons. The van der Waals surface area contributed by atoms with E-state index in [1.807, 2.05) is 0 Å². The molecule has 13 heteroatoms. The number of aromatic nitrogens is 4. The van der Waals surface area contributed by atoms with Crippen molar-refractivity contribution in [2.24, 2.45) is 12.8 Å². The largest absolute Gasteiger partial charge is 0.497 e. The lowest BCUT2D eigenvalue weighted by molar-refractivity contribution is -0.137. The Hall–Kier alpha value is -3.38. The van der Waals surface area contributed by atoms with Gasteiger partial charge in [-0.2, -0.15) is 18.3 Å². The minimum absolute atomic E-state index is 0. The topological polar surface area (TPSA) is 120 Å². The van der Waals surface area contributed by atoms with Crippen molar-refractivity contribution < 1.29 is 22.7 Å². The average molecular weight is 526 g/mol. The molecule has 4 N–H and O–H groups in total. The minimum atomic E-state index is -4.54. The molecule has 4 rings (SSSR count). The predicted molar refractivity (Wildman–Crippen MR) is 130 cm³/mol. The number of methoxy groups -OCH3 is 1. The molecule has 1 amide bonds. The molecule has 2 atom stereocenters. The van der Waals surface area contributed by atoms with Gasteiger partial charge >= 0.3 is 6.18 Å². The maximum atomic E-state index is 13.2. The number of ether oxygens (including phenoxy) is 1. The van der Waals surface area contributed by atoms with Crippen molar-refractivity contribution in [3.8, 4) is 17.1 Å². The molecule has 36 heavy (non-hydrogen) atoms. The van der Waals surface area contributed by atoms with Crippen LogP contribution in [0.4, 0.5) is 24.8 Å². The number of hydrogen-bond acceptors (Lipinski definition) is 7. The van der Waals surface area contributed by atoms with Crippen molar-refractivity contribution in [1.82, 2.24) is 25.1 Å². The zero-order valence-corrected chi connectivity index (χ0v) is 20.5. The van der Waals surface area contributed by atoms with E-state index in [0.29, 0.717) is 17.1 Å². The van der Waals surface area contributed by atoms with Gasteiger partial charge in [-0.25, -0.2) is 9.97 Å². The predicted octanol–water partition coefficient (Wildman–Crippen LogP) is 4.07. The Morgan fingerprint density at radius 1 is 1.17 bits per heavy atom. The molecular formula is C23H27ClF3N7O2. The molecule has 1 saturated carbocycles. The SMILES string of the molecule is COc1cc(Nc2nccc(-c3cc(C(=O)N[C@H]4CCCC[C@H]4N)n(C)n3)n2)cc(C(F)(F)F)c1.Cl. The lowest BCUT2D eigenvalue weighted by Gasteiger charge is -2.29. The maximum absolute atomic E-state index is 13.2. The fourth-order valence-electron chi connectivity index (χ4n) is 4.03. The summed E-state index contributed by atoms with van der Waals surface area (Å²) in [5.41, 5.74) is 6.53. The van der Waals surface area contributed by atoms with E-state index in [1.54, 1.807) is 19.2 Å². The second-order valence-corrected chi connectivity index (χ2v) is 8.41. The fourth-order valence-corrected chi connectivity index (χ4v) is 4.03. The molecule has 1 aliphatic rings. The van der Waals surface area contributed by atoms with Crippen LogP contribution in [0.3, 0.4) is 0 Å². The van der Waals surface area contributed by atoms with Gasteiger partial charge in [-0.3, -0.25) is 9.48 Å². The minimum Gasteiger partial charge on any atom is -0.497 e. The van der Waals surface area contributed by atoms with Crippen LogP contribution in [-0.4, -0.2) is 44.8 Å². The Morgan fingerprint density at radius 2 is 1.92 bits per heavy atom. The van der Waals surface area contributed by atoms with Gasteiger partial charge in [0.25, 0.3) is 5.91 Å². The van der Waals surface area contributed by atoms with Gasteiger partial charge < -0.3 is 21.1 Å². The normalized spacial score (nSPS) is 17.7. The lowest BCUT2D eigenvalue weighted by Crippen LogP contribution is -2.49. The van der Waals surface area contributed by atoms with E-state index in [4.69, 9.17) is 10.5 Å². The number of carbonyl (C=O) groups excluding carboxylic acids is 1. The number of benzene rings is 1. The van der Waals surface area contributed by atoms with Crippen LogP contribution in [0.5, 0.6) is 5.75 Å². The number of nitrogens with zero attached hydrogens (tertiary/aromatic N) is 4. The van der Waals surface area contributed by atoms with Crippen LogP contribution in [0.2, 0.25) is 0 Å². The number of aryl methyl sites for hydroxylation is 1. The highest BCUT2D eigenvalue weighted by atomic mass is 35.5. The summed E-state index contributed by atoms with van der Waals surface area (Å²) in [5, 5.41) is 10.1. The van der Waals surface area contributed by atoms with Gasteiger partial charge in [0.05, 0.1) is 18.4 Å². The van der Waals surface area contributed by atoms with Crippen molar-refractivity contribution in [2.75, 3.05) is 12.4 Å². The highest BCUT2D eigenvalue weighted by Crippen LogP contribution is 2.34. The van der Waals surface area contributed by atoms with Gasteiger partial charge in [0.1, 0.15) is 17.1 Å². The summed E-state index contributed by atoms with van der Waals surface area (Å²) in [6, 6.07) is 6.28. The Balaban J connectivity index is 0.00000361. The lowest BCUT2D eigenvalue weighted by atomic mass is 9.91. The first-order chi connectivity index (χ1) is 16.6. The first kappa shape index (κ1) is 27.2. The third kappa shape index (κ3) is 6.24. The van der Waals surface area contributed by atoms with E-state index < -0.39 is 11.7 Å². The van der Waals surface area contributed by atoms with Gasteiger partial charge in [0.2, 0.25) is 5.95 Å². The van der Waals surface area contributed by atoms with Gasteiger partial charge in [-0.15, -0.1) is 12.4 Å². The van der Waals surface area contributed by atoms with Gasteiger partial charge in [-0.1, -0.05) is 12.8 Å². The summed E-state index contributed by atoms with van der Waals surface area (Å²) in [6.45, 7) is 0. The second kappa shape index (κ2) is 11.1. The molecule has 2 heterocycles. The Kier molecular flexibility index (Phi) is 8.41. The van der Waals surface area contributed by atoms with Gasteiger partial charge in [-0.05, 0) is 37.1 Å². The van der Waals surface area contributed by atoms with E-state index in [1.165, 1.54) is 24.1 Å². The monoisotopic (exact) mass is 525 g/mol. The molecule has 0 bridgehead atoms. The second-order valence-electron chi connectivity index (χ2n) is 8.41. The highest BCUT2D eigenvalue weighted by Gasteiger charge is 2.31. The Bertz CT molecular complexity index is 1220. The summed E-state index contributed by atoms with van der Waals surface area (Å²) < 4.78 is 46.1. The number of halogens is 4. The number of carbonyl (C=O) groups is 1. The zero-order valence-electron chi connectivity index (χ0n) is 19.7. The third-order valence-corrected chi connectivity index (χ3v) is 5.89. The van der Waals surface area contributed by atoms with Gasteiger partial charge in [0, 0.05) is 37.1 Å². The molecule has 0 saturated heterocycles. The molecule has 1 aliphatic carbocycles. The van der Waals surface area contributed by atoms with Crippen molar-refractivity contribution >= 4 is 29.9 Å². The van der Waals surface area contributed by atoms with Crippen LogP contribution >= 0.6 is 12.4 Å². The molecule has 2 aromatic heterocycles.